The van der Waals surface area contributed by atoms with Gasteiger partial charge in [-0.15, -0.1) is 0 Å². The molecule has 2 N–H and O–H groups in total. The van der Waals surface area contributed by atoms with Gasteiger partial charge in [-0.05, 0) is 19.1 Å². The average molecular weight is 285 g/mol. The van der Waals surface area contributed by atoms with Gasteiger partial charge in [-0.3, -0.25) is 4.79 Å². The number of rotatable bonds is 7. The molecule has 6 nitrogen and oxygen atoms in total. The standard InChI is InChI=1S/C13H16FNO5/c1-8(6-19-2)15-12(16)7-20-9-3-4-10(13(17)18)11(14)5-9/h3-5,8H,6-7H2,1-2H3,(H,15,16)(H,17,18). The molecule has 0 fully saturated rings. The summed E-state index contributed by atoms with van der Waals surface area (Å²) in [7, 11) is 1.52. The third-order valence-electron chi connectivity index (χ3n) is 2.36. The van der Waals surface area contributed by atoms with Crippen molar-refractivity contribution in [3.8, 4) is 5.75 Å². The lowest BCUT2D eigenvalue weighted by Gasteiger charge is -2.13. The summed E-state index contributed by atoms with van der Waals surface area (Å²) in [4.78, 5) is 22.1. The largest absolute Gasteiger partial charge is 0.484 e. The fraction of sp³-hybridized carbons (Fsp3) is 0.385. The number of amides is 1. The molecule has 0 bridgehead atoms. The highest BCUT2D eigenvalue weighted by Gasteiger charge is 2.12. The number of methoxy groups -OCH3 is 1. The molecule has 1 rings (SSSR count). The summed E-state index contributed by atoms with van der Waals surface area (Å²) in [5, 5.41) is 11.3. The molecule has 7 heteroatoms. The van der Waals surface area contributed by atoms with Crippen molar-refractivity contribution in [3.05, 3.63) is 29.6 Å². The van der Waals surface area contributed by atoms with Crippen molar-refractivity contribution in [3.63, 3.8) is 0 Å². The van der Waals surface area contributed by atoms with Gasteiger partial charge in [-0.25, -0.2) is 9.18 Å². The summed E-state index contributed by atoms with van der Waals surface area (Å²) in [6, 6.07) is 3.13. The minimum Gasteiger partial charge on any atom is -0.484 e. The van der Waals surface area contributed by atoms with E-state index in [2.05, 4.69) is 5.32 Å². The lowest BCUT2D eigenvalue weighted by molar-refractivity contribution is -0.124. The van der Waals surface area contributed by atoms with Crippen LogP contribution in [0.25, 0.3) is 0 Å². The number of carbonyl (C=O) groups is 2. The molecule has 0 aliphatic carbocycles. The van der Waals surface area contributed by atoms with Crippen LogP contribution in [0, 0.1) is 5.82 Å². The van der Waals surface area contributed by atoms with Crippen LogP contribution in [0.4, 0.5) is 4.39 Å². The number of carboxylic acids is 1. The number of benzene rings is 1. The summed E-state index contributed by atoms with van der Waals surface area (Å²) >= 11 is 0. The molecular weight excluding hydrogens is 269 g/mol. The van der Waals surface area contributed by atoms with Gasteiger partial charge in [0.25, 0.3) is 5.91 Å². The molecule has 0 radical (unpaired) electrons. The van der Waals surface area contributed by atoms with Gasteiger partial charge >= 0.3 is 5.97 Å². The highest BCUT2D eigenvalue weighted by Crippen LogP contribution is 2.16. The van der Waals surface area contributed by atoms with Crippen LogP contribution in [0.3, 0.4) is 0 Å². The fourth-order valence-corrected chi connectivity index (χ4v) is 1.52. The first kappa shape index (κ1) is 15.9. The smallest absolute Gasteiger partial charge is 0.338 e. The van der Waals surface area contributed by atoms with Crippen LogP contribution in [0.5, 0.6) is 5.75 Å². The molecule has 0 aromatic heterocycles. The molecule has 1 aromatic carbocycles. The Morgan fingerprint density at radius 3 is 2.70 bits per heavy atom. The number of hydrogen-bond acceptors (Lipinski definition) is 4. The first-order valence-electron chi connectivity index (χ1n) is 5.88. The minimum atomic E-state index is -1.36. The van der Waals surface area contributed by atoms with Crippen LogP contribution in [0.15, 0.2) is 18.2 Å². The van der Waals surface area contributed by atoms with Gasteiger partial charge in [0, 0.05) is 19.2 Å². The van der Waals surface area contributed by atoms with Gasteiger partial charge in [-0.2, -0.15) is 0 Å². The fourth-order valence-electron chi connectivity index (χ4n) is 1.52. The second-order valence-electron chi connectivity index (χ2n) is 4.16. The molecule has 1 unspecified atom stereocenters. The Labute approximate surface area is 115 Å². The van der Waals surface area contributed by atoms with Gasteiger partial charge in [0.05, 0.1) is 12.2 Å². The van der Waals surface area contributed by atoms with E-state index >= 15 is 0 Å². The van der Waals surface area contributed by atoms with E-state index in [-0.39, 0.29) is 24.3 Å². The predicted octanol–water partition coefficient (Wildman–Crippen LogP) is 1.05. The Bertz CT molecular complexity index is 492. The van der Waals surface area contributed by atoms with Crippen molar-refractivity contribution in [1.29, 1.82) is 0 Å². The Balaban J connectivity index is 2.52. The Kier molecular flexibility index (Phi) is 5.92. The van der Waals surface area contributed by atoms with E-state index < -0.39 is 17.3 Å². The van der Waals surface area contributed by atoms with Gasteiger partial charge in [-0.1, -0.05) is 0 Å². The van der Waals surface area contributed by atoms with Crippen LogP contribution in [-0.2, 0) is 9.53 Å². The van der Waals surface area contributed by atoms with E-state index in [9.17, 15) is 14.0 Å². The third kappa shape index (κ3) is 4.85. The van der Waals surface area contributed by atoms with Crippen molar-refractivity contribution >= 4 is 11.9 Å². The zero-order valence-corrected chi connectivity index (χ0v) is 11.2. The molecule has 0 saturated carbocycles. The van der Waals surface area contributed by atoms with E-state index in [1.165, 1.54) is 13.2 Å². The number of aromatic carboxylic acids is 1. The number of carbonyl (C=O) groups excluding carboxylic acids is 1. The van der Waals surface area contributed by atoms with Gasteiger partial charge < -0.3 is 19.9 Å². The summed E-state index contributed by atoms with van der Waals surface area (Å²) in [5.74, 6) is -2.57. The molecule has 0 saturated heterocycles. The first-order valence-corrected chi connectivity index (χ1v) is 5.88. The van der Waals surface area contributed by atoms with Gasteiger partial charge in [0.15, 0.2) is 6.61 Å². The molecule has 20 heavy (non-hydrogen) atoms. The van der Waals surface area contributed by atoms with Crippen LogP contribution in [-0.4, -0.2) is 43.3 Å². The van der Waals surface area contributed by atoms with Gasteiger partial charge in [0.1, 0.15) is 11.6 Å². The number of halogens is 1. The number of hydrogen-bond donors (Lipinski definition) is 2. The summed E-state index contributed by atoms with van der Waals surface area (Å²) in [6.45, 7) is 1.84. The van der Waals surface area contributed by atoms with Crippen molar-refractivity contribution in [2.45, 2.75) is 13.0 Å². The number of nitrogens with one attached hydrogen (secondary N) is 1. The quantitative estimate of drug-likeness (QED) is 0.782. The van der Waals surface area contributed by atoms with Crippen molar-refractivity contribution in [1.82, 2.24) is 5.32 Å². The third-order valence-corrected chi connectivity index (χ3v) is 2.36. The molecule has 0 heterocycles. The Morgan fingerprint density at radius 2 is 2.15 bits per heavy atom. The maximum Gasteiger partial charge on any atom is 0.338 e. The Morgan fingerprint density at radius 1 is 1.45 bits per heavy atom. The molecule has 1 atom stereocenters. The van der Waals surface area contributed by atoms with E-state index in [0.29, 0.717) is 6.61 Å². The van der Waals surface area contributed by atoms with Crippen LogP contribution in [0.2, 0.25) is 0 Å². The monoisotopic (exact) mass is 285 g/mol. The lowest BCUT2D eigenvalue weighted by Crippen LogP contribution is -2.38. The average Bonchev–Trinajstić information content (AvgIpc) is 2.36. The summed E-state index contributed by atoms with van der Waals surface area (Å²) in [6.07, 6.45) is 0. The molecule has 0 aliphatic rings. The Hall–Kier alpha value is -2.15. The lowest BCUT2D eigenvalue weighted by atomic mass is 10.2. The normalized spacial score (nSPS) is 11.8. The molecular formula is C13H16FNO5. The molecule has 0 spiro atoms. The van der Waals surface area contributed by atoms with Crippen LogP contribution >= 0.6 is 0 Å². The van der Waals surface area contributed by atoms with Crippen molar-refractivity contribution < 1.29 is 28.6 Å². The maximum absolute atomic E-state index is 13.4. The second kappa shape index (κ2) is 7.44. The van der Waals surface area contributed by atoms with Crippen LogP contribution in [0.1, 0.15) is 17.3 Å². The molecule has 110 valence electrons. The van der Waals surface area contributed by atoms with Crippen molar-refractivity contribution in [2.24, 2.45) is 0 Å². The number of ether oxygens (including phenoxy) is 2. The zero-order valence-electron chi connectivity index (χ0n) is 11.2. The summed E-state index contributed by atoms with van der Waals surface area (Å²) < 4.78 is 23.3. The highest BCUT2D eigenvalue weighted by molar-refractivity contribution is 5.88. The summed E-state index contributed by atoms with van der Waals surface area (Å²) in [5.41, 5.74) is -0.449. The predicted molar refractivity (Wildman–Crippen MR) is 68.3 cm³/mol. The van der Waals surface area contributed by atoms with E-state index in [4.69, 9.17) is 14.6 Å². The molecule has 1 amide bonds. The minimum absolute atomic E-state index is 0.0852. The van der Waals surface area contributed by atoms with Crippen molar-refractivity contribution in [2.75, 3.05) is 20.3 Å². The number of carboxylic acid groups (broad SMARTS) is 1. The van der Waals surface area contributed by atoms with Crippen LogP contribution < -0.4 is 10.1 Å². The van der Waals surface area contributed by atoms with E-state index in [1.807, 2.05) is 0 Å². The highest BCUT2D eigenvalue weighted by atomic mass is 19.1. The van der Waals surface area contributed by atoms with E-state index in [0.717, 1.165) is 12.1 Å². The SMILES string of the molecule is COCC(C)NC(=O)COc1ccc(C(=O)O)c(F)c1. The first-order chi connectivity index (χ1) is 9.43. The van der Waals surface area contributed by atoms with E-state index in [1.54, 1.807) is 6.92 Å². The topological polar surface area (TPSA) is 84.9 Å². The zero-order chi connectivity index (χ0) is 15.1. The molecule has 0 aliphatic heterocycles. The van der Waals surface area contributed by atoms with Gasteiger partial charge in [0.2, 0.25) is 0 Å². The molecule has 1 aromatic rings. The maximum atomic E-state index is 13.4. The second-order valence-corrected chi connectivity index (χ2v) is 4.16.